The van der Waals surface area contributed by atoms with Gasteiger partial charge in [0.05, 0.1) is 5.52 Å². The summed E-state index contributed by atoms with van der Waals surface area (Å²) in [6.07, 6.45) is -3.02. The van der Waals surface area contributed by atoms with E-state index in [1.807, 2.05) is 24.3 Å². The summed E-state index contributed by atoms with van der Waals surface area (Å²) in [7, 11) is 0. The summed E-state index contributed by atoms with van der Waals surface area (Å²) in [5, 5.41) is 4.31. The number of halogens is 4. The number of hydrogen-bond donors (Lipinski definition) is 1. The number of carbonyl (C=O) groups excluding carboxylic acids is 1. The van der Waals surface area contributed by atoms with E-state index in [1.54, 1.807) is 11.1 Å². The van der Waals surface area contributed by atoms with Crippen molar-refractivity contribution in [1.29, 1.82) is 0 Å². The second-order valence-electron chi connectivity index (χ2n) is 6.97. The van der Waals surface area contributed by atoms with Crippen molar-refractivity contribution in [2.24, 2.45) is 0 Å². The number of pyridine rings is 1. The Bertz CT molecular complexity index is 1080. The number of hydrogen-bond acceptors (Lipinski definition) is 4. The first-order valence-electron chi connectivity index (χ1n) is 9.49. The Balaban J connectivity index is 1.36. The Kier molecular flexibility index (Phi) is 5.77. The fourth-order valence-electron chi connectivity index (χ4n) is 3.47. The molecule has 0 radical (unpaired) electrons. The maximum absolute atomic E-state index is 12.5. The van der Waals surface area contributed by atoms with Crippen molar-refractivity contribution in [2.45, 2.75) is 6.36 Å². The van der Waals surface area contributed by atoms with Crippen LogP contribution in [0.3, 0.4) is 0 Å². The second-order valence-corrected chi connectivity index (χ2v) is 7.40. The van der Waals surface area contributed by atoms with Gasteiger partial charge >= 0.3 is 12.4 Å². The van der Waals surface area contributed by atoms with Crippen LogP contribution in [-0.2, 0) is 0 Å². The van der Waals surface area contributed by atoms with Gasteiger partial charge in [-0.2, -0.15) is 0 Å². The van der Waals surface area contributed by atoms with E-state index in [1.165, 1.54) is 12.1 Å². The highest BCUT2D eigenvalue weighted by molar-refractivity contribution is 6.31. The van der Waals surface area contributed by atoms with E-state index in [2.05, 4.69) is 19.9 Å². The Morgan fingerprint density at radius 2 is 1.74 bits per heavy atom. The van der Waals surface area contributed by atoms with Crippen molar-refractivity contribution in [3.05, 3.63) is 59.8 Å². The van der Waals surface area contributed by atoms with Crippen LogP contribution in [-0.4, -0.2) is 48.5 Å². The van der Waals surface area contributed by atoms with Crippen LogP contribution in [0.4, 0.5) is 29.3 Å². The zero-order valence-electron chi connectivity index (χ0n) is 16.2. The monoisotopic (exact) mass is 450 g/mol. The minimum absolute atomic E-state index is 0.310. The third-order valence-electron chi connectivity index (χ3n) is 4.93. The highest BCUT2D eigenvalue weighted by Gasteiger charge is 2.31. The summed E-state index contributed by atoms with van der Waals surface area (Å²) in [6, 6.07) is 12.2. The number of nitrogens with zero attached hydrogens (tertiary/aromatic N) is 3. The Morgan fingerprint density at radius 1 is 1.03 bits per heavy atom. The van der Waals surface area contributed by atoms with Gasteiger partial charge in [0.2, 0.25) is 0 Å². The molecule has 0 spiro atoms. The van der Waals surface area contributed by atoms with Crippen molar-refractivity contribution in [2.75, 3.05) is 36.4 Å². The molecule has 1 fully saturated rings. The molecular weight excluding hydrogens is 433 g/mol. The number of amides is 2. The molecule has 6 nitrogen and oxygen atoms in total. The molecule has 4 rings (SSSR count). The number of fused-ring (bicyclic) bond motifs is 1. The molecule has 162 valence electrons. The number of nitrogens with one attached hydrogen (secondary N) is 1. The van der Waals surface area contributed by atoms with E-state index in [0.717, 1.165) is 28.7 Å². The molecule has 3 aromatic rings. The molecular formula is C21H18ClF3N4O2. The number of alkyl halides is 3. The van der Waals surface area contributed by atoms with Crippen LogP contribution >= 0.6 is 11.6 Å². The maximum Gasteiger partial charge on any atom is 0.573 e. The third-order valence-corrected chi connectivity index (χ3v) is 5.16. The fraction of sp³-hybridized carbons (Fsp3) is 0.238. The van der Waals surface area contributed by atoms with Crippen LogP contribution in [0.25, 0.3) is 10.9 Å². The average Bonchev–Trinajstić information content (AvgIpc) is 2.73. The molecule has 0 atom stereocenters. The quantitative estimate of drug-likeness (QED) is 0.600. The van der Waals surface area contributed by atoms with E-state index >= 15 is 0 Å². The molecule has 2 aromatic carbocycles. The lowest BCUT2D eigenvalue weighted by Crippen LogP contribution is -2.50. The van der Waals surface area contributed by atoms with E-state index < -0.39 is 6.36 Å². The van der Waals surface area contributed by atoms with Crippen LogP contribution in [0.5, 0.6) is 5.75 Å². The number of aromatic nitrogens is 1. The molecule has 0 unspecified atom stereocenters. The largest absolute Gasteiger partial charge is 0.573 e. The van der Waals surface area contributed by atoms with Gasteiger partial charge in [-0.3, -0.25) is 4.98 Å². The minimum Gasteiger partial charge on any atom is -0.406 e. The zero-order valence-corrected chi connectivity index (χ0v) is 17.0. The first-order chi connectivity index (χ1) is 14.8. The zero-order chi connectivity index (χ0) is 22.0. The second kappa shape index (κ2) is 8.50. The molecule has 0 aliphatic carbocycles. The number of urea groups is 1. The van der Waals surface area contributed by atoms with E-state index in [9.17, 15) is 18.0 Å². The normalized spacial score (nSPS) is 14.6. The predicted molar refractivity (Wildman–Crippen MR) is 113 cm³/mol. The van der Waals surface area contributed by atoms with Crippen molar-refractivity contribution in [1.82, 2.24) is 9.88 Å². The van der Waals surface area contributed by atoms with Crippen LogP contribution in [0.1, 0.15) is 0 Å². The van der Waals surface area contributed by atoms with E-state index in [-0.39, 0.29) is 11.8 Å². The van der Waals surface area contributed by atoms with Crippen LogP contribution in [0.2, 0.25) is 5.02 Å². The van der Waals surface area contributed by atoms with E-state index in [4.69, 9.17) is 11.6 Å². The molecule has 0 bridgehead atoms. The van der Waals surface area contributed by atoms with Gasteiger partial charge < -0.3 is 19.9 Å². The molecule has 31 heavy (non-hydrogen) atoms. The summed E-state index contributed by atoms with van der Waals surface area (Å²) in [5.41, 5.74) is 2.23. The molecule has 1 aromatic heterocycles. The molecule has 1 N–H and O–H groups in total. The van der Waals surface area contributed by atoms with Crippen molar-refractivity contribution >= 4 is 39.9 Å². The smallest absolute Gasteiger partial charge is 0.406 e. The number of anilines is 2. The lowest BCUT2D eigenvalue weighted by molar-refractivity contribution is -0.274. The minimum atomic E-state index is -4.75. The Hall–Kier alpha value is -3.20. The van der Waals surface area contributed by atoms with Crippen molar-refractivity contribution in [3.63, 3.8) is 0 Å². The van der Waals surface area contributed by atoms with Gasteiger partial charge in [0, 0.05) is 54.2 Å². The van der Waals surface area contributed by atoms with Gasteiger partial charge in [-0.25, -0.2) is 4.79 Å². The van der Waals surface area contributed by atoms with Gasteiger partial charge in [-0.05, 0) is 48.5 Å². The third kappa shape index (κ3) is 5.11. The average molecular weight is 451 g/mol. The summed E-state index contributed by atoms with van der Waals surface area (Å²) in [4.78, 5) is 20.7. The molecule has 1 aliphatic heterocycles. The number of benzene rings is 2. The Morgan fingerprint density at radius 3 is 2.42 bits per heavy atom. The van der Waals surface area contributed by atoms with Gasteiger partial charge in [-0.1, -0.05) is 11.6 Å². The summed E-state index contributed by atoms with van der Waals surface area (Å²) in [6.45, 7) is 2.26. The number of piperazine rings is 1. The number of rotatable bonds is 3. The molecule has 2 heterocycles. The van der Waals surface area contributed by atoms with E-state index in [0.29, 0.717) is 36.9 Å². The summed E-state index contributed by atoms with van der Waals surface area (Å²) >= 11 is 6.05. The summed E-state index contributed by atoms with van der Waals surface area (Å²) < 4.78 is 40.6. The summed E-state index contributed by atoms with van der Waals surface area (Å²) in [5.74, 6) is -0.343. The van der Waals surface area contributed by atoms with Crippen LogP contribution < -0.4 is 15.0 Å². The van der Waals surface area contributed by atoms with Crippen molar-refractivity contribution in [3.8, 4) is 5.75 Å². The van der Waals surface area contributed by atoms with Gasteiger partial charge in [-0.15, -0.1) is 13.2 Å². The number of ether oxygens (including phenoxy) is 1. The topological polar surface area (TPSA) is 57.7 Å². The van der Waals surface area contributed by atoms with Gasteiger partial charge in [0.1, 0.15) is 5.75 Å². The van der Waals surface area contributed by atoms with Crippen LogP contribution in [0.15, 0.2) is 54.7 Å². The SMILES string of the molecule is O=C(Nc1ccc(OC(F)(F)F)cc1)N1CCN(c2ccnc3cc(Cl)ccc23)CC1. The first-order valence-corrected chi connectivity index (χ1v) is 9.87. The lowest BCUT2D eigenvalue weighted by Gasteiger charge is -2.36. The number of carbonyl (C=O) groups is 1. The standard InChI is InChI=1S/C21H18ClF3N4O2/c22-14-1-6-17-18(13-14)26-8-7-19(17)28-9-11-29(12-10-28)20(30)27-15-2-4-16(5-3-15)31-21(23,24)25/h1-8,13H,9-12H2,(H,27,30). The molecule has 2 amide bonds. The molecule has 1 saturated heterocycles. The molecule has 10 heteroatoms. The predicted octanol–water partition coefficient (Wildman–Crippen LogP) is 5.14. The first kappa shape index (κ1) is 21.0. The fourth-order valence-corrected chi connectivity index (χ4v) is 3.64. The molecule has 1 aliphatic rings. The molecule has 0 saturated carbocycles. The Labute approximate surface area is 181 Å². The highest BCUT2D eigenvalue weighted by Crippen LogP contribution is 2.28. The van der Waals surface area contributed by atoms with Crippen LogP contribution in [0, 0.1) is 0 Å². The van der Waals surface area contributed by atoms with Gasteiger partial charge in [0.25, 0.3) is 0 Å². The maximum atomic E-state index is 12.5. The highest BCUT2D eigenvalue weighted by atomic mass is 35.5. The van der Waals surface area contributed by atoms with Crippen molar-refractivity contribution < 1.29 is 22.7 Å². The lowest BCUT2D eigenvalue weighted by atomic mass is 10.1. The van der Waals surface area contributed by atoms with Gasteiger partial charge in [0.15, 0.2) is 0 Å².